The van der Waals surface area contributed by atoms with Gasteiger partial charge in [0, 0.05) is 21.1 Å². The van der Waals surface area contributed by atoms with E-state index in [0.717, 1.165) is 21.2 Å². The number of ether oxygens (including phenoxy) is 2. The Labute approximate surface area is 192 Å². The molecule has 1 atom stereocenters. The first-order chi connectivity index (χ1) is 15.0. The SMILES string of the molecule is N#CC1=C(N)Oc2cc(OC(=O)Cc3ccc(Cl)cc3)ccc2C1c1ccccc1Br. The predicted molar refractivity (Wildman–Crippen MR) is 121 cm³/mol. The minimum absolute atomic E-state index is 0.0281. The number of benzene rings is 3. The minimum Gasteiger partial charge on any atom is -0.440 e. The van der Waals surface area contributed by atoms with E-state index in [1.165, 1.54) is 0 Å². The lowest BCUT2D eigenvalue weighted by Gasteiger charge is -2.27. The Kier molecular flexibility index (Phi) is 5.99. The molecule has 31 heavy (non-hydrogen) atoms. The molecule has 7 heteroatoms. The number of fused-ring (bicyclic) bond motifs is 1. The predicted octanol–water partition coefficient (Wildman–Crippen LogP) is 5.47. The summed E-state index contributed by atoms with van der Waals surface area (Å²) in [7, 11) is 0. The molecule has 0 saturated carbocycles. The standard InChI is InChI=1S/C24H16BrClN2O3/c25-20-4-2-1-3-17(20)23-18-10-9-16(12-21(18)31-24(28)19(23)13-27)30-22(29)11-14-5-7-15(26)8-6-14/h1-10,12,23H,11,28H2. The van der Waals surface area contributed by atoms with Crippen LogP contribution in [0, 0.1) is 11.3 Å². The lowest BCUT2D eigenvalue weighted by molar-refractivity contribution is -0.133. The number of hydrogen-bond donors (Lipinski definition) is 1. The number of hydrogen-bond acceptors (Lipinski definition) is 5. The quantitative estimate of drug-likeness (QED) is 0.383. The summed E-state index contributed by atoms with van der Waals surface area (Å²) < 4.78 is 12.0. The topological polar surface area (TPSA) is 85.3 Å². The molecule has 3 aromatic rings. The Hall–Kier alpha value is -3.27. The first-order valence-electron chi connectivity index (χ1n) is 9.37. The largest absolute Gasteiger partial charge is 0.440 e. The van der Waals surface area contributed by atoms with Crippen LogP contribution in [0.1, 0.15) is 22.6 Å². The fourth-order valence-corrected chi connectivity index (χ4v) is 4.10. The van der Waals surface area contributed by atoms with E-state index >= 15 is 0 Å². The molecule has 0 radical (unpaired) electrons. The Bertz CT molecular complexity index is 1230. The van der Waals surface area contributed by atoms with Gasteiger partial charge in [-0.25, -0.2) is 0 Å². The molecule has 0 fully saturated rings. The van der Waals surface area contributed by atoms with Gasteiger partial charge in [0.1, 0.15) is 23.1 Å². The highest BCUT2D eigenvalue weighted by atomic mass is 79.9. The Morgan fingerprint density at radius 1 is 1.13 bits per heavy atom. The average Bonchev–Trinajstić information content (AvgIpc) is 2.75. The number of nitriles is 1. The van der Waals surface area contributed by atoms with Crippen molar-refractivity contribution in [2.24, 2.45) is 5.73 Å². The number of rotatable bonds is 4. The first-order valence-corrected chi connectivity index (χ1v) is 10.5. The van der Waals surface area contributed by atoms with Gasteiger partial charge in [-0.05, 0) is 35.4 Å². The van der Waals surface area contributed by atoms with Crippen LogP contribution in [-0.4, -0.2) is 5.97 Å². The third-order valence-corrected chi connectivity index (χ3v) is 5.87. The molecule has 2 N–H and O–H groups in total. The first kappa shape index (κ1) is 21.0. The van der Waals surface area contributed by atoms with Crippen molar-refractivity contribution in [2.45, 2.75) is 12.3 Å². The third kappa shape index (κ3) is 4.43. The molecule has 0 saturated heterocycles. The number of halogens is 2. The average molecular weight is 496 g/mol. The third-order valence-electron chi connectivity index (χ3n) is 4.90. The summed E-state index contributed by atoms with van der Waals surface area (Å²) in [6.45, 7) is 0. The van der Waals surface area contributed by atoms with E-state index in [0.29, 0.717) is 22.1 Å². The molecule has 0 aliphatic carbocycles. The van der Waals surface area contributed by atoms with Crippen molar-refractivity contribution in [3.8, 4) is 17.6 Å². The smallest absolute Gasteiger partial charge is 0.315 e. The zero-order valence-electron chi connectivity index (χ0n) is 16.1. The maximum atomic E-state index is 12.3. The molecular weight excluding hydrogens is 480 g/mol. The summed E-state index contributed by atoms with van der Waals surface area (Å²) >= 11 is 9.43. The molecular formula is C24H16BrClN2O3. The van der Waals surface area contributed by atoms with E-state index < -0.39 is 11.9 Å². The fraction of sp³-hybridized carbons (Fsp3) is 0.0833. The number of carbonyl (C=O) groups excluding carboxylic acids is 1. The number of carbonyl (C=O) groups is 1. The van der Waals surface area contributed by atoms with Crippen molar-refractivity contribution >= 4 is 33.5 Å². The van der Waals surface area contributed by atoms with E-state index in [2.05, 4.69) is 22.0 Å². The van der Waals surface area contributed by atoms with Gasteiger partial charge < -0.3 is 15.2 Å². The zero-order valence-corrected chi connectivity index (χ0v) is 18.5. The second-order valence-electron chi connectivity index (χ2n) is 6.92. The second kappa shape index (κ2) is 8.84. The van der Waals surface area contributed by atoms with Gasteiger partial charge in [-0.2, -0.15) is 5.26 Å². The summed E-state index contributed by atoms with van der Waals surface area (Å²) in [6.07, 6.45) is 0.106. The summed E-state index contributed by atoms with van der Waals surface area (Å²) in [5.74, 6) is -0.0176. The van der Waals surface area contributed by atoms with Gasteiger partial charge >= 0.3 is 5.97 Å². The molecule has 3 aromatic carbocycles. The maximum absolute atomic E-state index is 12.3. The summed E-state index contributed by atoms with van der Waals surface area (Å²) in [6, 6.07) is 21.9. The van der Waals surface area contributed by atoms with Crippen molar-refractivity contribution in [3.05, 3.63) is 104 Å². The molecule has 4 rings (SSSR count). The van der Waals surface area contributed by atoms with E-state index in [1.54, 1.807) is 42.5 Å². The van der Waals surface area contributed by atoms with Gasteiger partial charge in [0.05, 0.1) is 12.3 Å². The van der Waals surface area contributed by atoms with Crippen LogP contribution in [0.4, 0.5) is 0 Å². The van der Waals surface area contributed by atoms with Gasteiger partial charge in [-0.3, -0.25) is 4.79 Å². The van der Waals surface area contributed by atoms with Crippen LogP contribution >= 0.6 is 27.5 Å². The summed E-state index contributed by atoms with van der Waals surface area (Å²) in [5, 5.41) is 10.3. The Morgan fingerprint density at radius 2 is 1.87 bits per heavy atom. The number of nitrogens with two attached hydrogens (primary N) is 1. The lowest BCUT2D eigenvalue weighted by Crippen LogP contribution is -2.21. The molecule has 1 heterocycles. The normalized spacial score (nSPS) is 14.9. The molecule has 1 aliphatic heterocycles. The van der Waals surface area contributed by atoms with Crippen LogP contribution in [0.3, 0.4) is 0 Å². The number of esters is 1. The Balaban J connectivity index is 1.62. The molecule has 1 unspecified atom stereocenters. The molecule has 0 amide bonds. The molecule has 154 valence electrons. The Morgan fingerprint density at radius 3 is 2.58 bits per heavy atom. The van der Waals surface area contributed by atoms with Crippen LogP contribution in [0.25, 0.3) is 0 Å². The minimum atomic E-state index is -0.415. The van der Waals surface area contributed by atoms with Crippen LogP contribution in [0.5, 0.6) is 11.5 Å². The van der Waals surface area contributed by atoms with Crippen molar-refractivity contribution in [3.63, 3.8) is 0 Å². The van der Waals surface area contributed by atoms with Gasteiger partial charge in [0.15, 0.2) is 0 Å². The van der Waals surface area contributed by atoms with Crippen molar-refractivity contribution in [2.75, 3.05) is 0 Å². The summed E-state index contributed by atoms with van der Waals surface area (Å²) in [5.41, 5.74) is 8.82. The molecule has 1 aliphatic rings. The second-order valence-corrected chi connectivity index (χ2v) is 8.21. The van der Waals surface area contributed by atoms with E-state index in [4.69, 9.17) is 26.8 Å². The van der Waals surface area contributed by atoms with Gasteiger partial charge in [0.25, 0.3) is 0 Å². The molecule has 0 bridgehead atoms. The van der Waals surface area contributed by atoms with Gasteiger partial charge in [0.2, 0.25) is 5.88 Å². The highest BCUT2D eigenvalue weighted by Crippen LogP contribution is 2.45. The van der Waals surface area contributed by atoms with Gasteiger partial charge in [-0.1, -0.05) is 63.9 Å². The zero-order chi connectivity index (χ0) is 22.0. The fourth-order valence-electron chi connectivity index (χ4n) is 3.46. The van der Waals surface area contributed by atoms with E-state index in [9.17, 15) is 10.1 Å². The number of nitrogens with zero attached hydrogens (tertiary/aromatic N) is 1. The highest BCUT2D eigenvalue weighted by molar-refractivity contribution is 9.10. The lowest BCUT2D eigenvalue weighted by atomic mass is 9.83. The van der Waals surface area contributed by atoms with Crippen LogP contribution in [0.2, 0.25) is 5.02 Å². The van der Waals surface area contributed by atoms with Crippen molar-refractivity contribution < 1.29 is 14.3 Å². The molecule has 5 nitrogen and oxygen atoms in total. The van der Waals surface area contributed by atoms with Crippen LogP contribution in [0.15, 0.2) is 82.7 Å². The van der Waals surface area contributed by atoms with Crippen molar-refractivity contribution in [1.82, 2.24) is 0 Å². The summed E-state index contributed by atoms with van der Waals surface area (Å²) in [4.78, 5) is 12.3. The van der Waals surface area contributed by atoms with Crippen LogP contribution < -0.4 is 15.2 Å². The number of allylic oxidation sites excluding steroid dienone is 1. The van der Waals surface area contributed by atoms with Crippen molar-refractivity contribution in [1.29, 1.82) is 5.26 Å². The van der Waals surface area contributed by atoms with E-state index in [-0.39, 0.29) is 12.3 Å². The van der Waals surface area contributed by atoms with Crippen LogP contribution in [-0.2, 0) is 11.2 Å². The highest BCUT2D eigenvalue weighted by Gasteiger charge is 2.32. The molecule has 0 aromatic heterocycles. The van der Waals surface area contributed by atoms with Gasteiger partial charge in [-0.15, -0.1) is 0 Å². The van der Waals surface area contributed by atoms with E-state index in [1.807, 2.05) is 24.3 Å². The monoisotopic (exact) mass is 494 g/mol. The molecule has 0 spiro atoms. The maximum Gasteiger partial charge on any atom is 0.315 e.